The highest BCUT2D eigenvalue weighted by Crippen LogP contribution is 2.34. The summed E-state index contributed by atoms with van der Waals surface area (Å²) in [7, 11) is 0. The van der Waals surface area contributed by atoms with E-state index in [1.165, 1.54) is 18.0 Å². The maximum absolute atomic E-state index is 10.7. The number of hydrogen-bond acceptors (Lipinski definition) is 5. The molecule has 0 fully saturated rings. The fourth-order valence-corrected chi connectivity index (χ4v) is 2.35. The predicted octanol–water partition coefficient (Wildman–Crippen LogP) is 2.00. The van der Waals surface area contributed by atoms with Crippen molar-refractivity contribution in [1.29, 1.82) is 0 Å². The van der Waals surface area contributed by atoms with Crippen molar-refractivity contribution in [3.05, 3.63) is 35.7 Å². The van der Waals surface area contributed by atoms with Crippen LogP contribution in [0.15, 0.2) is 37.0 Å². The van der Waals surface area contributed by atoms with Gasteiger partial charge in [0, 0.05) is 0 Å². The average Bonchev–Trinajstić information content (AvgIpc) is 2.75. The fraction of sp³-hybridized carbons (Fsp3) is 0.182. The van der Waals surface area contributed by atoms with Crippen LogP contribution in [0.2, 0.25) is 0 Å². The van der Waals surface area contributed by atoms with Crippen LogP contribution in [0.4, 0.5) is 0 Å². The maximum atomic E-state index is 10.7. The highest BCUT2D eigenvalue weighted by molar-refractivity contribution is 7.99. The molecule has 5 heteroatoms. The second-order valence-corrected chi connectivity index (χ2v) is 4.36. The lowest BCUT2D eigenvalue weighted by atomic mass is 10.4. The Labute approximate surface area is 96.3 Å². The van der Waals surface area contributed by atoms with Crippen LogP contribution in [0.25, 0.3) is 0 Å². The van der Waals surface area contributed by atoms with E-state index < -0.39 is 5.97 Å². The molecule has 0 aliphatic rings. The summed E-state index contributed by atoms with van der Waals surface area (Å²) >= 11 is 1.29. The fourth-order valence-electron chi connectivity index (χ4n) is 1.35. The predicted molar refractivity (Wildman–Crippen MR) is 55.3 cm³/mol. The zero-order valence-corrected chi connectivity index (χ0v) is 9.59. The quantitative estimate of drug-likeness (QED) is 0.816. The van der Waals surface area contributed by atoms with Gasteiger partial charge in [0.05, 0.1) is 16.1 Å². The topological polar surface area (TPSA) is 66.4 Å². The first kappa shape index (κ1) is 10.9. The first-order valence-electron chi connectivity index (χ1n) is 4.61. The summed E-state index contributed by atoms with van der Waals surface area (Å²) in [6, 6.07) is 3.45. The van der Waals surface area contributed by atoms with Gasteiger partial charge in [0.15, 0.2) is 5.76 Å². The summed E-state index contributed by atoms with van der Waals surface area (Å²) in [4.78, 5) is 12.1. The summed E-state index contributed by atoms with van der Waals surface area (Å²) in [6.07, 6.45) is 1.33. The van der Waals surface area contributed by atoms with Crippen LogP contribution in [-0.4, -0.2) is 5.97 Å². The van der Waals surface area contributed by atoms with Gasteiger partial charge in [0.25, 0.3) is 0 Å². The SMILES string of the molecule is Cc1cc(Sc2ccoc2C(=O)[O-])c(C)o1. The number of carboxylic acids is 1. The Bertz CT molecular complexity index is 524. The van der Waals surface area contributed by atoms with Crippen LogP contribution in [0.5, 0.6) is 0 Å². The molecule has 2 aromatic rings. The minimum atomic E-state index is -1.31. The molecule has 0 atom stereocenters. The number of rotatable bonds is 3. The molecule has 84 valence electrons. The minimum Gasteiger partial charge on any atom is -0.541 e. The van der Waals surface area contributed by atoms with E-state index in [1.807, 2.05) is 19.9 Å². The van der Waals surface area contributed by atoms with E-state index in [0.29, 0.717) is 4.90 Å². The molecule has 0 saturated carbocycles. The van der Waals surface area contributed by atoms with Crippen LogP contribution in [0.1, 0.15) is 22.1 Å². The molecule has 0 aliphatic carbocycles. The zero-order valence-electron chi connectivity index (χ0n) is 8.77. The van der Waals surface area contributed by atoms with Crippen LogP contribution < -0.4 is 5.11 Å². The Morgan fingerprint density at radius 2 is 2.12 bits per heavy atom. The molecule has 0 bridgehead atoms. The first-order chi connectivity index (χ1) is 7.58. The summed E-state index contributed by atoms with van der Waals surface area (Å²) in [6.45, 7) is 3.67. The third kappa shape index (κ3) is 1.99. The largest absolute Gasteiger partial charge is 0.541 e. The van der Waals surface area contributed by atoms with Crippen molar-refractivity contribution < 1.29 is 18.7 Å². The molecular formula is C11H9O4S-. The van der Waals surface area contributed by atoms with Crippen molar-refractivity contribution in [1.82, 2.24) is 0 Å². The van der Waals surface area contributed by atoms with Gasteiger partial charge in [-0.2, -0.15) is 0 Å². The Balaban J connectivity index is 2.30. The highest BCUT2D eigenvalue weighted by Gasteiger charge is 2.12. The van der Waals surface area contributed by atoms with E-state index >= 15 is 0 Å². The molecule has 0 spiro atoms. The normalized spacial score (nSPS) is 10.6. The van der Waals surface area contributed by atoms with Gasteiger partial charge in [-0.1, -0.05) is 11.8 Å². The lowest BCUT2D eigenvalue weighted by Gasteiger charge is -2.01. The minimum absolute atomic E-state index is 0.150. The van der Waals surface area contributed by atoms with E-state index in [4.69, 9.17) is 8.83 Å². The summed E-state index contributed by atoms with van der Waals surface area (Å²) in [5.74, 6) is 0.0834. The number of carboxylic acid groups (broad SMARTS) is 1. The van der Waals surface area contributed by atoms with Crippen LogP contribution in [-0.2, 0) is 0 Å². The second-order valence-electron chi connectivity index (χ2n) is 3.28. The molecule has 0 aromatic carbocycles. The monoisotopic (exact) mass is 237 g/mol. The van der Waals surface area contributed by atoms with Gasteiger partial charge in [-0.3, -0.25) is 0 Å². The van der Waals surface area contributed by atoms with Gasteiger partial charge >= 0.3 is 0 Å². The van der Waals surface area contributed by atoms with Gasteiger partial charge in [-0.05, 0) is 26.0 Å². The molecule has 0 amide bonds. The van der Waals surface area contributed by atoms with Crippen LogP contribution >= 0.6 is 11.8 Å². The summed E-state index contributed by atoms with van der Waals surface area (Å²) in [5.41, 5.74) is 0. The number of aryl methyl sites for hydroxylation is 2. The Morgan fingerprint density at radius 1 is 1.38 bits per heavy atom. The molecule has 0 saturated heterocycles. The smallest absolute Gasteiger partial charge is 0.163 e. The molecule has 0 aliphatic heterocycles. The summed E-state index contributed by atoms with van der Waals surface area (Å²) < 4.78 is 10.2. The number of hydrogen-bond donors (Lipinski definition) is 0. The van der Waals surface area contributed by atoms with Crippen molar-refractivity contribution in [2.45, 2.75) is 23.6 Å². The Morgan fingerprint density at radius 3 is 2.69 bits per heavy atom. The van der Waals surface area contributed by atoms with E-state index in [-0.39, 0.29) is 5.76 Å². The highest BCUT2D eigenvalue weighted by atomic mass is 32.2. The molecule has 2 aromatic heterocycles. The van der Waals surface area contributed by atoms with E-state index in [0.717, 1.165) is 16.4 Å². The summed E-state index contributed by atoms with van der Waals surface area (Å²) in [5, 5.41) is 10.7. The van der Waals surface area contributed by atoms with Crippen LogP contribution in [0.3, 0.4) is 0 Å². The third-order valence-corrected chi connectivity index (χ3v) is 3.20. The van der Waals surface area contributed by atoms with Gasteiger partial charge < -0.3 is 18.7 Å². The second kappa shape index (κ2) is 4.09. The van der Waals surface area contributed by atoms with E-state index in [2.05, 4.69) is 0 Å². The average molecular weight is 237 g/mol. The molecule has 2 rings (SSSR count). The Hall–Kier alpha value is -1.62. The molecule has 16 heavy (non-hydrogen) atoms. The third-order valence-electron chi connectivity index (χ3n) is 2.03. The van der Waals surface area contributed by atoms with Crippen molar-refractivity contribution in [3.8, 4) is 0 Å². The van der Waals surface area contributed by atoms with E-state index in [9.17, 15) is 9.90 Å². The molecule has 0 N–H and O–H groups in total. The standard InChI is InChI=1S/C11H10O4S/c1-6-5-9(7(2)15-6)16-8-3-4-14-10(8)11(12)13/h3-5H,1-2H3,(H,12,13)/p-1. The molecular weight excluding hydrogens is 228 g/mol. The number of carbonyl (C=O) groups is 1. The number of aromatic carboxylic acids is 1. The van der Waals surface area contributed by atoms with Crippen molar-refractivity contribution in [2.24, 2.45) is 0 Å². The van der Waals surface area contributed by atoms with Gasteiger partial charge in [0.1, 0.15) is 17.5 Å². The molecule has 2 heterocycles. The van der Waals surface area contributed by atoms with E-state index in [1.54, 1.807) is 6.07 Å². The van der Waals surface area contributed by atoms with Gasteiger partial charge in [-0.25, -0.2) is 0 Å². The van der Waals surface area contributed by atoms with Gasteiger partial charge in [-0.15, -0.1) is 0 Å². The zero-order chi connectivity index (χ0) is 11.7. The number of carbonyl (C=O) groups excluding carboxylic acids is 1. The lowest BCUT2D eigenvalue weighted by Crippen LogP contribution is -2.22. The van der Waals surface area contributed by atoms with Crippen LogP contribution in [0, 0.1) is 13.8 Å². The van der Waals surface area contributed by atoms with Crippen molar-refractivity contribution in [2.75, 3.05) is 0 Å². The molecule has 0 unspecified atom stereocenters. The van der Waals surface area contributed by atoms with Crippen molar-refractivity contribution in [3.63, 3.8) is 0 Å². The molecule has 0 radical (unpaired) electrons. The molecule has 4 nitrogen and oxygen atoms in total. The lowest BCUT2D eigenvalue weighted by molar-refractivity contribution is -0.257. The van der Waals surface area contributed by atoms with Crippen molar-refractivity contribution >= 4 is 17.7 Å². The Kier molecular flexibility index (Phi) is 2.78. The maximum Gasteiger partial charge on any atom is 0.163 e. The number of furan rings is 2. The first-order valence-corrected chi connectivity index (χ1v) is 5.43. The van der Waals surface area contributed by atoms with Gasteiger partial charge in [0.2, 0.25) is 0 Å².